The molecule has 4 rings (SSSR count). The van der Waals surface area contributed by atoms with Crippen molar-refractivity contribution in [2.75, 3.05) is 26.4 Å². The highest BCUT2D eigenvalue weighted by Gasteiger charge is 2.55. The van der Waals surface area contributed by atoms with Crippen molar-refractivity contribution < 1.29 is 14.3 Å². The molecule has 3 atom stereocenters. The molecule has 6 heteroatoms. The van der Waals surface area contributed by atoms with Crippen LogP contribution in [0.1, 0.15) is 5.56 Å². The second-order valence-corrected chi connectivity index (χ2v) is 6.78. The summed E-state index contributed by atoms with van der Waals surface area (Å²) < 4.78 is 12.1. The van der Waals surface area contributed by atoms with Gasteiger partial charge in [-0.1, -0.05) is 15.9 Å². The van der Waals surface area contributed by atoms with Gasteiger partial charge in [0, 0.05) is 27.9 Å². The molecule has 0 bridgehead atoms. The topological polar surface area (TPSA) is 50.8 Å². The van der Waals surface area contributed by atoms with E-state index in [-0.39, 0.29) is 6.03 Å². The normalized spacial score (nSPS) is 30.0. The monoisotopic (exact) mass is 352 g/mol. The summed E-state index contributed by atoms with van der Waals surface area (Å²) in [6.45, 7) is 3.29. The smallest absolute Gasteiger partial charge is 0.318 e. The van der Waals surface area contributed by atoms with E-state index in [2.05, 4.69) is 21.2 Å². The molecule has 1 aromatic rings. The van der Waals surface area contributed by atoms with Crippen LogP contribution in [-0.2, 0) is 11.3 Å². The Labute approximate surface area is 131 Å². The lowest BCUT2D eigenvalue weighted by Crippen LogP contribution is -2.43. The molecule has 2 heterocycles. The zero-order valence-corrected chi connectivity index (χ0v) is 13.1. The third-order valence-corrected chi connectivity index (χ3v) is 5.03. The Bertz CT molecular complexity index is 570. The van der Waals surface area contributed by atoms with Crippen LogP contribution in [0.5, 0.6) is 5.75 Å². The Morgan fingerprint density at radius 2 is 2.14 bits per heavy atom. The zero-order chi connectivity index (χ0) is 14.4. The Kier molecular flexibility index (Phi) is 3.30. The van der Waals surface area contributed by atoms with Gasteiger partial charge < -0.3 is 19.7 Å². The average Bonchev–Trinajstić information content (AvgIpc) is 2.95. The predicted molar refractivity (Wildman–Crippen MR) is 80.2 cm³/mol. The molecule has 1 aliphatic carbocycles. The van der Waals surface area contributed by atoms with E-state index >= 15 is 0 Å². The van der Waals surface area contributed by atoms with Crippen LogP contribution in [-0.4, -0.2) is 43.3 Å². The first-order valence-corrected chi connectivity index (χ1v) is 8.06. The highest BCUT2D eigenvalue weighted by molar-refractivity contribution is 9.10. The van der Waals surface area contributed by atoms with Crippen LogP contribution < -0.4 is 10.1 Å². The van der Waals surface area contributed by atoms with Crippen molar-refractivity contribution in [3.8, 4) is 5.75 Å². The molecular weight excluding hydrogens is 336 g/mol. The van der Waals surface area contributed by atoms with Crippen molar-refractivity contribution >= 4 is 22.0 Å². The minimum Gasteiger partial charge on any atom is -0.491 e. The van der Waals surface area contributed by atoms with E-state index in [4.69, 9.17) is 9.47 Å². The lowest BCUT2D eigenvalue weighted by Gasteiger charge is -2.21. The molecule has 2 amide bonds. The molecule has 1 aromatic carbocycles. The largest absolute Gasteiger partial charge is 0.491 e. The number of ether oxygens (including phenoxy) is 2. The lowest BCUT2D eigenvalue weighted by molar-refractivity contribution is 0.151. The predicted octanol–water partition coefficient (Wildman–Crippen LogP) is 2.00. The van der Waals surface area contributed by atoms with Gasteiger partial charge in [0.1, 0.15) is 12.4 Å². The van der Waals surface area contributed by atoms with Gasteiger partial charge in [0.2, 0.25) is 0 Å². The van der Waals surface area contributed by atoms with Crippen molar-refractivity contribution in [3.63, 3.8) is 0 Å². The van der Waals surface area contributed by atoms with Gasteiger partial charge in [-0.05, 0) is 18.2 Å². The van der Waals surface area contributed by atoms with Crippen LogP contribution in [0.3, 0.4) is 0 Å². The molecule has 112 valence electrons. The van der Waals surface area contributed by atoms with Gasteiger partial charge >= 0.3 is 6.03 Å². The molecule has 0 aromatic heterocycles. The summed E-state index contributed by atoms with van der Waals surface area (Å²) in [5, 5.41) is 3.14. The molecule has 5 nitrogen and oxygen atoms in total. The van der Waals surface area contributed by atoms with E-state index in [0.717, 1.165) is 29.0 Å². The average molecular weight is 353 g/mol. The van der Waals surface area contributed by atoms with Crippen LogP contribution >= 0.6 is 15.9 Å². The molecule has 3 aliphatic rings. The number of carbonyl (C=O) groups excluding carboxylic acids is 1. The number of nitrogens with zero attached hydrogens (tertiary/aromatic N) is 1. The molecule has 1 saturated carbocycles. The molecule has 2 fully saturated rings. The first kappa shape index (κ1) is 13.4. The van der Waals surface area contributed by atoms with Gasteiger partial charge in [-0.15, -0.1) is 0 Å². The van der Waals surface area contributed by atoms with Crippen LogP contribution in [0.25, 0.3) is 0 Å². The molecule has 0 spiro atoms. The lowest BCUT2D eigenvalue weighted by atomic mass is 10.2. The maximum atomic E-state index is 12.4. The van der Waals surface area contributed by atoms with E-state index in [1.54, 1.807) is 0 Å². The minimum absolute atomic E-state index is 0.00539. The number of halogens is 1. The van der Waals surface area contributed by atoms with Crippen molar-refractivity contribution in [3.05, 3.63) is 28.2 Å². The number of urea groups is 1. The van der Waals surface area contributed by atoms with E-state index < -0.39 is 0 Å². The Balaban J connectivity index is 1.44. The van der Waals surface area contributed by atoms with Gasteiger partial charge in [0.25, 0.3) is 0 Å². The number of amides is 2. The summed E-state index contributed by atoms with van der Waals surface area (Å²) >= 11 is 3.47. The Hall–Kier alpha value is -1.27. The summed E-state index contributed by atoms with van der Waals surface area (Å²) in [4.78, 5) is 14.3. The number of nitrogens with one attached hydrogen (secondary N) is 1. The molecule has 2 aliphatic heterocycles. The highest BCUT2D eigenvalue weighted by Crippen LogP contribution is 2.44. The fourth-order valence-electron chi connectivity index (χ4n) is 3.22. The van der Waals surface area contributed by atoms with Crippen molar-refractivity contribution in [1.82, 2.24) is 10.2 Å². The van der Waals surface area contributed by atoms with Crippen molar-refractivity contribution in [2.45, 2.75) is 12.6 Å². The molecule has 1 N–H and O–H groups in total. The van der Waals surface area contributed by atoms with Gasteiger partial charge in [-0.3, -0.25) is 0 Å². The van der Waals surface area contributed by atoms with E-state index in [9.17, 15) is 4.79 Å². The van der Waals surface area contributed by atoms with Gasteiger partial charge in [-0.2, -0.15) is 0 Å². The third kappa shape index (κ3) is 2.51. The van der Waals surface area contributed by atoms with Crippen molar-refractivity contribution in [1.29, 1.82) is 0 Å². The van der Waals surface area contributed by atoms with Gasteiger partial charge in [0.05, 0.1) is 26.3 Å². The number of carbonyl (C=O) groups is 1. The first-order valence-electron chi connectivity index (χ1n) is 7.27. The standard InChI is InChI=1S/C15H17BrN2O3/c16-10-1-2-13-9(5-10)6-18(3-4-21-13)15(19)17-14-11-7-20-8-12(11)14/h1-2,5,11-12,14H,3-4,6-8H2,(H,17,19)/t11-,12+,14?. The first-order chi connectivity index (χ1) is 10.2. The summed E-state index contributed by atoms with van der Waals surface area (Å²) in [5.74, 6) is 1.92. The molecule has 0 radical (unpaired) electrons. The molecule has 21 heavy (non-hydrogen) atoms. The maximum Gasteiger partial charge on any atom is 0.318 e. The second kappa shape index (κ2) is 5.18. The summed E-state index contributed by atoms with van der Waals surface area (Å²) in [7, 11) is 0. The second-order valence-electron chi connectivity index (χ2n) is 5.86. The Morgan fingerprint density at radius 1 is 1.33 bits per heavy atom. The summed E-state index contributed by atoms with van der Waals surface area (Å²) in [6, 6.07) is 6.23. The molecule has 1 saturated heterocycles. The highest BCUT2D eigenvalue weighted by atomic mass is 79.9. The molecule has 1 unspecified atom stereocenters. The number of fused-ring (bicyclic) bond motifs is 2. The number of hydrogen-bond acceptors (Lipinski definition) is 3. The fourth-order valence-corrected chi connectivity index (χ4v) is 3.63. The van der Waals surface area contributed by atoms with E-state index in [1.165, 1.54) is 0 Å². The quantitative estimate of drug-likeness (QED) is 0.840. The van der Waals surface area contributed by atoms with Crippen LogP contribution in [0.15, 0.2) is 22.7 Å². The van der Waals surface area contributed by atoms with Crippen LogP contribution in [0.2, 0.25) is 0 Å². The maximum absolute atomic E-state index is 12.4. The fraction of sp³-hybridized carbons (Fsp3) is 0.533. The third-order valence-electron chi connectivity index (χ3n) is 4.53. The SMILES string of the molecule is O=C(NC1[C@H]2COC[C@@H]12)N1CCOc2ccc(Br)cc2C1. The zero-order valence-electron chi connectivity index (χ0n) is 11.5. The van der Waals surface area contributed by atoms with Gasteiger partial charge in [-0.25, -0.2) is 4.79 Å². The number of rotatable bonds is 1. The Morgan fingerprint density at radius 3 is 2.95 bits per heavy atom. The van der Waals surface area contributed by atoms with E-state index in [1.807, 2.05) is 23.1 Å². The number of hydrogen-bond donors (Lipinski definition) is 1. The molecular formula is C15H17BrN2O3. The van der Waals surface area contributed by atoms with Crippen molar-refractivity contribution in [2.24, 2.45) is 11.8 Å². The van der Waals surface area contributed by atoms with Gasteiger partial charge in [0.15, 0.2) is 0 Å². The van der Waals surface area contributed by atoms with Crippen LogP contribution in [0.4, 0.5) is 4.79 Å². The minimum atomic E-state index is 0.00539. The summed E-state index contributed by atoms with van der Waals surface area (Å²) in [6.07, 6.45) is 0. The van der Waals surface area contributed by atoms with Crippen LogP contribution in [0, 0.1) is 11.8 Å². The summed E-state index contributed by atoms with van der Waals surface area (Å²) in [5.41, 5.74) is 1.04. The number of benzene rings is 1. The van der Waals surface area contributed by atoms with E-state index in [0.29, 0.717) is 37.6 Å².